The van der Waals surface area contributed by atoms with Crippen molar-refractivity contribution in [3.8, 4) is 0 Å². The molecular weight excluding hydrogens is 380 g/mol. The molecule has 0 saturated carbocycles. The molecule has 2 aliphatic rings. The predicted molar refractivity (Wildman–Crippen MR) is 113 cm³/mol. The molecule has 0 aliphatic carbocycles. The Bertz CT molecular complexity index is 1110. The summed E-state index contributed by atoms with van der Waals surface area (Å²) in [5.41, 5.74) is 3.74. The highest BCUT2D eigenvalue weighted by molar-refractivity contribution is 5.98. The minimum Gasteiger partial charge on any atom is -0.354 e. The van der Waals surface area contributed by atoms with Crippen LogP contribution in [0, 0.1) is 0 Å². The second-order valence-corrected chi connectivity index (χ2v) is 8.05. The molecule has 2 aliphatic heterocycles. The van der Waals surface area contributed by atoms with Gasteiger partial charge in [0, 0.05) is 51.8 Å². The number of piperazine rings is 1. The molecule has 154 valence electrons. The lowest BCUT2D eigenvalue weighted by Crippen LogP contribution is -2.48. The number of aromatic nitrogens is 1. The highest BCUT2D eigenvalue weighted by Crippen LogP contribution is 2.27. The molecule has 0 N–H and O–H groups in total. The van der Waals surface area contributed by atoms with Gasteiger partial charge in [-0.05, 0) is 29.3 Å². The van der Waals surface area contributed by atoms with E-state index in [-0.39, 0.29) is 11.7 Å². The van der Waals surface area contributed by atoms with Crippen LogP contribution in [0.2, 0.25) is 0 Å². The maximum Gasteiger partial charge on any atom is 0.220 e. The Morgan fingerprint density at radius 2 is 1.77 bits per heavy atom. The lowest BCUT2D eigenvalue weighted by atomic mass is 10.0. The summed E-state index contributed by atoms with van der Waals surface area (Å²) < 4.78 is 5.43. The van der Waals surface area contributed by atoms with Gasteiger partial charge in [0.05, 0.1) is 11.9 Å². The van der Waals surface area contributed by atoms with Crippen molar-refractivity contribution in [2.75, 3.05) is 37.6 Å². The molecule has 2 aromatic carbocycles. The van der Waals surface area contributed by atoms with Crippen LogP contribution in [0.3, 0.4) is 0 Å². The van der Waals surface area contributed by atoms with Crippen molar-refractivity contribution < 1.29 is 14.1 Å². The normalized spacial score (nSPS) is 16.8. The van der Waals surface area contributed by atoms with Crippen molar-refractivity contribution in [3.05, 3.63) is 59.2 Å². The number of carbonyl (C=O) groups is 2. The average Bonchev–Trinajstić information content (AvgIpc) is 3.38. The molecule has 3 aromatic rings. The Labute approximate surface area is 174 Å². The van der Waals surface area contributed by atoms with Gasteiger partial charge < -0.3 is 14.3 Å². The molecular formula is C23H24N4O3. The van der Waals surface area contributed by atoms with Crippen LogP contribution >= 0.6 is 0 Å². The monoisotopic (exact) mass is 404 g/mol. The van der Waals surface area contributed by atoms with Crippen LogP contribution < -0.4 is 4.90 Å². The molecule has 7 heteroatoms. The van der Waals surface area contributed by atoms with Crippen LogP contribution in [0.25, 0.3) is 11.0 Å². The first kappa shape index (κ1) is 18.8. The predicted octanol–water partition coefficient (Wildman–Crippen LogP) is 2.69. The first-order chi connectivity index (χ1) is 14.6. The van der Waals surface area contributed by atoms with Gasteiger partial charge in [-0.1, -0.05) is 29.4 Å². The molecule has 1 aromatic heterocycles. The van der Waals surface area contributed by atoms with Crippen molar-refractivity contribution in [1.29, 1.82) is 0 Å². The number of rotatable bonds is 4. The highest BCUT2D eigenvalue weighted by atomic mass is 16.5. The standard InChI is InChI=1S/C23H24N4O3/c1-16(28)27-13-18-7-6-17(12-19(18)14-27)21(29)15-25-8-10-26(11-9-25)23-20-4-2-3-5-22(20)30-24-23/h2-7,12H,8-11,13-15H2,1H3. The second kappa shape index (κ2) is 7.57. The molecule has 3 heterocycles. The molecule has 1 fully saturated rings. The molecule has 1 saturated heterocycles. The van der Waals surface area contributed by atoms with Crippen molar-refractivity contribution in [2.24, 2.45) is 0 Å². The van der Waals surface area contributed by atoms with Gasteiger partial charge in [-0.3, -0.25) is 14.5 Å². The van der Waals surface area contributed by atoms with Gasteiger partial charge in [0.1, 0.15) is 0 Å². The Hall–Kier alpha value is -3.19. The van der Waals surface area contributed by atoms with E-state index in [0.29, 0.717) is 19.6 Å². The topological polar surface area (TPSA) is 69.9 Å². The number of hydrogen-bond donors (Lipinski definition) is 0. The molecule has 0 unspecified atom stereocenters. The number of para-hydroxylation sites is 1. The third kappa shape index (κ3) is 3.45. The summed E-state index contributed by atoms with van der Waals surface area (Å²) in [4.78, 5) is 30.7. The SMILES string of the molecule is CC(=O)N1Cc2ccc(C(=O)CN3CCN(c4noc5ccccc45)CC3)cc2C1. The largest absolute Gasteiger partial charge is 0.354 e. The van der Waals surface area contributed by atoms with Crippen molar-refractivity contribution in [1.82, 2.24) is 15.0 Å². The number of anilines is 1. The van der Waals surface area contributed by atoms with Gasteiger partial charge in [0.2, 0.25) is 5.91 Å². The van der Waals surface area contributed by atoms with Gasteiger partial charge in [0.25, 0.3) is 0 Å². The van der Waals surface area contributed by atoms with Gasteiger partial charge in [-0.15, -0.1) is 0 Å². The van der Waals surface area contributed by atoms with Crippen LogP contribution in [-0.2, 0) is 17.9 Å². The minimum atomic E-state index is 0.0665. The molecule has 30 heavy (non-hydrogen) atoms. The van der Waals surface area contributed by atoms with Crippen LogP contribution in [0.15, 0.2) is 47.0 Å². The lowest BCUT2D eigenvalue weighted by Gasteiger charge is -2.34. The maximum atomic E-state index is 12.8. The fourth-order valence-electron chi connectivity index (χ4n) is 4.30. The number of amides is 1. The summed E-state index contributed by atoms with van der Waals surface area (Å²) in [5, 5.41) is 5.27. The Balaban J connectivity index is 1.21. The summed E-state index contributed by atoms with van der Waals surface area (Å²) in [6, 6.07) is 13.7. The zero-order chi connectivity index (χ0) is 20.7. The minimum absolute atomic E-state index is 0.0665. The average molecular weight is 404 g/mol. The second-order valence-electron chi connectivity index (χ2n) is 8.05. The Morgan fingerprint density at radius 3 is 2.57 bits per heavy atom. The van der Waals surface area contributed by atoms with Gasteiger partial charge >= 0.3 is 0 Å². The molecule has 0 radical (unpaired) electrons. The van der Waals surface area contributed by atoms with E-state index in [1.165, 1.54) is 0 Å². The van der Waals surface area contributed by atoms with Crippen LogP contribution in [0.5, 0.6) is 0 Å². The van der Waals surface area contributed by atoms with Crippen molar-refractivity contribution >= 4 is 28.5 Å². The molecule has 1 amide bonds. The first-order valence-electron chi connectivity index (χ1n) is 10.3. The Kier molecular flexibility index (Phi) is 4.75. The third-order valence-corrected chi connectivity index (χ3v) is 6.09. The third-order valence-electron chi connectivity index (χ3n) is 6.09. The van der Waals surface area contributed by atoms with Crippen molar-refractivity contribution in [3.63, 3.8) is 0 Å². The van der Waals surface area contributed by atoms with Gasteiger partial charge in [-0.25, -0.2) is 0 Å². The number of benzene rings is 2. The summed E-state index contributed by atoms with van der Waals surface area (Å²) in [6.45, 7) is 6.44. The number of carbonyl (C=O) groups excluding carboxylic acids is 2. The van der Waals surface area contributed by atoms with Gasteiger partial charge in [0.15, 0.2) is 17.2 Å². The van der Waals surface area contributed by atoms with Crippen LogP contribution in [0.4, 0.5) is 5.82 Å². The van der Waals surface area contributed by atoms with Crippen LogP contribution in [-0.4, -0.2) is 59.4 Å². The first-order valence-corrected chi connectivity index (χ1v) is 10.3. The molecule has 0 atom stereocenters. The molecule has 5 rings (SSSR count). The van der Waals surface area contributed by atoms with E-state index in [2.05, 4.69) is 15.0 Å². The van der Waals surface area contributed by atoms with Crippen LogP contribution in [0.1, 0.15) is 28.4 Å². The molecule has 7 nitrogen and oxygen atoms in total. The fourth-order valence-corrected chi connectivity index (χ4v) is 4.30. The van der Waals surface area contributed by atoms with E-state index in [9.17, 15) is 9.59 Å². The van der Waals surface area contributed by atoms with E-state index >= 15 is 0 Å². The van der Waals surface area contributed by atoms with E-state index in [1.807, 2.05) is 42.5 Å². The maximum absolute atomic E-state index is 12.8. The van der Waals surface area contributed by atoms with Gasteiger partial charge in [-0.2, -0.15) is 0 Å². The number of Topliss-reactive ketones (excluding diaryl/α,β-unsaturated/α-hetero) is 1. The van der Waals surface area contributed by atoms with E-state index in [1.54, 1.807) is 11.8 Å². The number of ketones is 1. The smallest absolute Gasteiger partial charge is 0.220 e. The summed E-state index contributed by atoms with van der Waals surface area (Å²) in [6.07, 6.45) is 0. The Morgan fingerprint density at radius 1 is 1.00 bits per heavy atom. The van der Waals surface area contributed by atoms with E-state index in [4.69, 9.17) is 4.52 Å². The zero-order valence-corrected chi connectivity index (χ0v) is 17.0. The van der Waals surface area contributed by atoms with E-state index in [0.717, 1.165) is 59.7 Å². The lowest BCUT2D eigenvalue weighted by molar-refractivity contribution is -0.129. The summed E-state index contributed by atoms with van der Waals surface area (Å²) >= 11 is 0. The number of hydrogen-bond acceptors (Lipinski definition) is 6. The fraction of sp³-hybridized carbons (Fsp3) is 0.348. The number of nitrogens with zero attached hydrogens (tertiary/aromatic N) is 4. The summed E-state index contributed by atoms with van der Waals surface area (Å²) in [5.74, 6) is 1.07. The summed E-state index contributed by atoms with van der Waals surface area (Å²) in [7, 11) is 0. The molecule has 0 bridgehead atoms. The zero-order valence-electron chi connectivity index (χ0n) is 17.0. The van der Waals surface area contributed by atoms with Crippen molar-refractivity contribution in [2.45, 2.75) is 20.0 Å². The highest BCUT2D eigenvalue weighted by Gasteiger charge is 2.25. The van der Waals surface area contributed by atoms with E-state index < -0.39 is 0 Å². The number of fused-ring (bicyclic) bond motifs is 2. The molecule has 0 spiro atoms. The quantitative estimate of drug-likeness (QED) is 0.623.